The van der Waals surface area contributed by atoms with Gasteiger partial charge in [-0.2, -0.15) is 0 Å². The molecular weight excluding hydrogens is 250 g/mol. The van der Waals surface area contributed by atoms with Gasteiger partial charge in [0.2, 0.25) is 0 Å². The van der Waals surface area contributed by atoms with Crippen molar-refractivity contribution < 1.29 is 9.53 Å². The second-order valence-electron chi connectivity index (χ2n) is 6.14. The Kier molecular flexibility index (Phi) is 6.73. The zero-order valence-electron chi connectivity index (χ0n) is 13.2. The highest BCUT2D eigenvalue weighted by Gasteiger charge is 2.15. The number of carbonyl (C=O) groups is 1. The SMILES string of the molecule is COCCCCCNC(=O)c1cccc(C(C)(C)C)c1. The minimum absolute atomic E-state index is 0.0165. The molecule has 1 amide bonds. The number of hydrogen-bond acceptors (Lipinski definition) is 2. The second-order valence-corrected chi connectivity index (χ2v) is 6.14. The molecule has 112 valence electrons. The molecule has 0 aliphatic rings. The smallest absolute Gasteiger partial charge is 0.251 e. The summed E-state index contributed by atoms with van der Waals surface area (Å²) in [6.45, 7) is 7.98. The fraction of sp³-hybridized carbons (Fsp3) is 0.588. The zero-order chi connectivity index (χ0) is 15.0. The number of unbranched alkanes of at least 4 members (excludes halogenated alkanes) is 2. The molecule has 0 heterocycles. The molecule has 1 rings (SSSR count). The van der Waals surface area contributed by atoms with Gasteiger partial charge in [0.05, 0.1) is 0 Å². The Labute approximate surface area is 122 Å². The third-order valence-electron chi connectivity index (χ3n) is 3.30. The van der Waals surface area contributed by atoms with Crippen molar-refractivity contribution in [3.63, 3.8) is 0 Å². The van der Waals surface area contributed by atoms with E-state index >= 15 is 0 Å². The number of rotatable bonds is 7. The quantitative estimate of drug-likeness (QED) is 0.774. The van der Waals surface area contributed by atoms with Crippen molar-refractivity contribution in [1.82, 2.24) is 5.32 Å². The molecule has 0 bridgehead atoms. The molecule has 0 aliphatic heterocycles. The predicted octanol–water partition coefficient (Wildman–Crippen LogP) is 3.53. The average molecular weight is 277 g/mol. The highest BCUT2D eigenvalue weighted by Crippen LogP contribution is 2.22. The molecule has 1 N–H and O–H groups in total. The maximum atomic E-state index is 12.1. The van der Waals surface area contributed by atoms with Gasteiger partial charge in [-0.05, 0) is 42.4 Å². The first-order chi connectivity index (χ1) is 9.45. The Balaban J connectivity index is 2.44. The molecule has 1 aromatic rings. The van der Waals surface area contributed by atoms with Crippen molar-refractivity contribution in [2.45, 2.75) is 45.4 Å². The molecule has 0 radical (unpaired) electrons. The Hall–Kier alpha value is -1.35. The number of methoxy groups -OCH3 is 1. The van der Waals surface area contributed by atoms with E-state index in [1.807, 2.05) is 18.2 Å². The van der Waals surface area contributed by atoms with E-state index in [0.29, 0.717) is 0 Å². The van der Waals surface area contributed by atoms with E-state index in [9.17, 15) is 4.79 Å². The van der Waals surface area contributed by atoms with E-state index in [1.54, 1.807) is 7.11 Å². The minimum atomic E-state index is 0.0165. The van der Waals surface area contributed by atoms with Crippen LogP contribution in [0, 0.1) is 0 Å². The van der Waals surface area contributed by atoms with Crippen LogP contribution in [0.2, 0.25) is 0 Å². The van der Waals surface area contributed by atoms with Crippen molar-refractivity contribution in [2.24, 2.45) is 0 Å². The van der Waals surface area contributed by atoms with Gasteiger partial charge in [0.25, 0.3) is 5.91 Å². The van der Waals surface area contributed by atoms with E-state index in [1.165, 1.54) is 5.56 Å². The van der Waals surface area contributed by atoms with Crippen molar-refractivity contribution in [3.8, 4) is 0 Å². The number of ether oxygens (including phenoxy) is 1. The fourth-order valence-electron chi connectivity index (χ4n) is 1.98. The average Bonchev–Trinajstić information content (AvgIpc) is 2.41. The molecule has 0 spiro atoms. The van der Waals surface area contributed by atoms with Crippen LogP contribution in [-0.4, -0.2) is 26.2 Å². The monoisotopic (exact) mass is 277 g/mol. The van der Waals surface area contributed by atoms with Gasteiger partial charge >= 0.3 is 0 Å². The molecule has 3 nitrogen and oxygen atoms in total. The first-order valence-corrected chi connectivity index (χ1v) is 7.33. The third-order valence-corrected chi connectivity index (χ3v) is 3.30. The summed E-state index contributed by atoms with van der Waals surface area (Å²) in [7, 11) is 1.71. The Morgan fingerprint density at radius 1 is 1.20 bits per heavy atom. The Morgan fingerprint density at radius 3 is 2.60 bits per heavy atom. The summed E-state index contributed by atoms with van der Waals surface area (Å²) in [4.78, 5) is 12.1. The van der Waals surface area contributed by atoms with Crippen LogP contribution in [0.25, 0.3) is 0 Å². The largest absolute Gasteiger partial charge is 0.385 e. The lowest BCUT2D eigenvalue weighted by Crippen LogP contribution is -2.25. The van der Waals surface area contributed by atoms with Crippen molar-refractivity contribution in [3.05, 3.63) is 35.4 Å². The van der Waals surface area contributed by atoms with Gasteiger partial charge in [-0.15, -0.1) is 0 Å². The molecule has 0 unspecified atom stereocenters. The van der Waals surface area contributed by atoms with Crippen LogP contribution in [0.15, 0.2) is 24.3 Å². The lowest BCUT2D eigenvalue weighted by molar-refractivity contribution is 0.0952. The lowest BCUT2D eigenvalue weighted by atomic mass is 9.86. The van der Waals surface area contributed by atoms with Gasteiger partial charge in [0, 0.05) is 25.8 Å². The van der Waals surface area contributed by atoms with Gasteiger partial charge in [-0.3, -0.25) is 4.79 Å². The molecule has 0 saturated carbocycles. The van der Waals surface area contributed by atoms with E-state index in [0.717, 1.165) is 38.0 Å². The second kappa shape index (κ2) is 8.05. The van der Waals surface area contributed by atoms with Crippen LogP contribution in [0.4, 0.5) is 0 Å². The molecule has 0 aromatic heterocycles. The number of amides is 1. The predicted molar refractivity (Wildman–Crippen MR) is 83.2 cm³/mol. The van der Waals surface area contributed by atoms with E-state index < -0.39 is 0 Å². The molecular formula is C17H27NO2. The number of nitrogens with one attached hydrogen (secondary N) is 1. The summed E-state index contributed by atoms with van der Waals surface area (Å²) in [5.41, 5.74) is 2.00. The molecule has 0 aliphatic carbocycles. The third kappa shape index (κ3) is 5.74. The molecule has 3 heteroatoms. The molecule has 1 aromatic carbocycles. The van der Waals surface area contributed by atoms with Crippen LogP contribution in [0.5, 0.6) is 0 Å². The maximum Gasteiger partial charge on any atom is 0.251 e. The topological polar surface area (TPSA) is 38.3 Å². The van der Waals surface area contributed by atoms with Crippen LogP contribution >= 0.6 is 0 Å². The number of hydrogen-bond donors (Lipinski definition) is 1. The molecule has 0 atom stereocenters. The number of carbonyl (C=O) groups excluding carboxylic acids is 1. The summed E-state index contributed by atoms with van der Waals surface area (Å²) in [5.74, 6) is 0.0165. The first kappa shape index (κ1) is 16.7. The molecule has 0 fully saturated rings. The van der Waals surface area contributed by atoms with Gasteiger partial charge in [0.1, 0.15) is 0 Å². The van der Waals surface area contributed by atoms with Crippen molar-refractivity contribution in [2.75, 3.05) is 20.3 Å². The van der Waals surface area contributed by atoms with E-state index in [-0.39, 0.29) is 11.3 Å². The van der Waals surface area contributed by atoms with Gasteiger partial charge in [-0.1, -0.05) is 32.9 Å². The summed E-state index contributed by atoms with van der Waals surface area (Å²) >= 11 is 0. The van der Waals surface area contributed by atoms with Crippen LogP contribution in [0.1, 0.15) is 56.0 Å². The van der Waals surface area contributed by atoms with Gasteiger partial charge in [0.15, 0.2) is 0 Å². The summed E-state index contributed by atoms with van der Waals surface area (Å²) in [5, 5.41) is 2.97. The maximum absolute atomic E-state index is 12.1. The van der Waals surface area contributed by atoms with Crippen molar-refractivity contribution in [1.29, 1.82) is 0 Å². The molecule has 0 saturated heterocycles. The van der Waals surface area contributed by atoms with Crippen LogP contribution in [-0.2, 0) is 10.2 Å². The lowest BCUT2D eigenvalue weighted by Gasteiger charge is -2.19. The Morgan fingerprint density at radius 2 is 1.95 bits per heavy atom. The highest BCUT2D eigenvalue weighted by molar-refractivity contribution is 5.94. The van der Waals surface area contributed by atoms with Gasteiger partial charge in [-0.25, -0.2) is 0 Å². The number of benzene rings is 1. The van der Waals surface area contributed by atoms with E-state index in [2.05, 4.69) is 32.2 Å². The standard InChI is InChI=1S/C17H27NO2/c1-17(2,3)15-10-8-9-14(13-15)16(19)18-11-6-5-7-12-20-4/h8-10,13H,5-7,11-12H2,1-4H3,(H,18,19). The molecule has 20 heavy (non-hydrogen) atoms. The fourth-order valence-corrected chi connectivity index (χ4v) is 1.98. The summed E-state index contributed by atoms with van der Waals surface area (Å²) < 4.78 is 5.00. The highest BCUT2D eigenvalue weighted by atomic mass is 16.5. The first-order valence-electron chi connectivity index (χ1n) is 7.33. The Bertz CT molecular complexity index is 421. The van der Waals surface area contributed by atoms with Crippen LogP contribution in [0.3, 0.4) is 0 Å². The minimum Gasteiger partial charge on any atom is -0.385 e. The van der Waals surface area contributed by atoms with Crippen LogP contribution < -0.4 is 5.32 Å². The van der Waals surface area contributed by atoms with Crippen molar-refractivity contribution >= 4 is 5.91 Å². The van der Waals surface area contributed by atoms with Gasteiger partial charge < -0.3 is 10.1 Å². The normalized spacial score (nSPS) is 11.4. The zero-order valence-corrected chi connectivity index (χ0v) is 13.2. The van der Waals surface area contributed by atoms with E-state index in [4.69, 9.17) is 4.74 Å². The summed E-state index contributed by atoms with van der Waals surface area (Å²) in [6.07, 6.45) is 3.12. The summed E-state index contributed by atoms with van der Waals surface area (Å²) in [6, 6.07) is 7.88.